The maximum Gasteiger partial charge on any atom is 0.217 e. The molecule has 29 heavy (non-hydrogen) atoms. The number of rotatable bonds is 5. The fourth-order valence-corrected chi connectivity index (χ4v) is 4.61. The minimum absolute atomic E-state index is 0.474. The van der Waals surface area contributed by atoms with E-state index in [0.717, 1.165) is 40.9 Å². The minimum Gasteiger partial charge on any atom is -0.481 e. The first-order valence-electron chi connectivity index (χ1n) is 10.1. The lowest BCUT2D eigenvalue weighted by atomic mass is 9.77. The van der Waals surface area contributed by atoms with Gasteiger partial charge in [-0.1, -0.05) is 36.4 Å². The van der Waals surface area contributed by atoms with E-state index in [4.69, 9.17) is 21.3 Å². The number of halogens is 1. The summed E-state index contributed by atoms with van der Waals surface area (Å²) >= 11 is 5.99. The average Bonchev–Trinajstić information content (AvgIpc) is 2.78. The van der Waals surface area contributed by atoms with E-state index in [1.807, 2.05) is 19.1 Å². The van der Waals surface area contributed by atoms with Crippen molar-refractivity contribution in [2.24, 2.45) is 0 Å². The molecule has 0 bridgehead atoms. The zero-order chi connectivity index (χ0) is 20.4. The number of nitriles is 1. The molecule has 0 spiro atoms. The summed E-state index contributed by atoms with van der Waals surface area (Å²) in [6, 6.07) is 17.0. The Morgan fingerprint density at radius 2 is 1.86 bits per heavy atom. The van der Waals surface area contributed by atoms with Crippen LogP contribution in [0.15, 0.2) is 42.5 Å². The van der Waals surface area contributed by atoms with Crippen LogP contribution >= 0.6 is 11.6 Å². The second-order valence-corrected chi connectivity index (χ2v) is 8.36. The van der Waals surface area contributed by atoms with Crippen LogP contribution < -0.4 is 4.74 Å². The molecule has 1 aliphatic carbocycles. The Bertz CT molecular complexity index is 1100. The number of aryl methyl sites for hydroxylation is 1. The highest BCUT2D eigenvalue weighted by Crippen LogP contribution is 2.36. The van der Waals surface area contributed by atoms with Crippen LogP contribution in [0.5, 0.6) is 5.88 Å². The van der Waals surface area contributed by atoms with Crippen LogP contribution in [0.2, 0.25) is 0 Å². The first kappa shape index (κ1) is 19.7. The van der Waals surface area contributed by atoms with Gasteiger partial charge in [0, 0.05) is 16.8 Å². The summed E-state index contributed by atoms with van der Waals surface area (Å²) in [6.07, 6.45) is 5.09. The van der Waals surface area contributed by atoms with Gasteiger partial charge < -0.3 is 4.74 Å². The molecule has 4 rings (SSSR count). The molecule has 1 aliphatic rings. The molecule has 1 aromatic heterocycles. The number of nitrogens with zero attached hydrogens (tertiary/aromatic N) is 2. The molecular formula is C25H25ClN2O. The Morgan fingerprint density at radius 3 is 2.59 bits per heavy atom. The molecule has 148 valence electrons. The summed E-state index contributed by atoms with van der Waals surface area (Å²) in [7, 11) is 1.69. The van der Waals surface area contributed by atoms with Crippen LogP contribution in [0.4, 0.5) is 0 Å². The highest BCUT2D eigenvalue weighted by Gasteiger charge is 2.28. The van der Waals surface area contributed by atoms with Crippen molar-refractivity contribution < 1.29 is 4.74 Å². The van der Waals surface area contributed by atoms with E-state index in [0.29, 0.717) is 12.3 Å². The average molecular weight is 405 g/mol. The third kappa shape index (κ3) is 3.70. The van der Waals surface area contributed by atoms with Crippen LogP contribution in [-0.2, 0) is 30.6 Å². The zero-order valence-electron chi connectivity index (χ0n) is 17.0. The molecule has 0 saturated carbocycles. The number of benzene rings is 2. The van der Waals surface area contributed by atoms with Crippen molar-refractivity contribution in [2.45, 2.75) is 50.3 Å². The number of pyridine rings is 1. The number of ether oxygens (including phenoxy) is 1. The van der Waals surface area contributed by atoms with Gasteiger partial charge in [0.15, 0.2) is 0 Å². The number of alkyl halides is 1. The lowest BCUT2D eigenvalue weighted by Crippen LogP contribution is -2.23. The molecule has 1 atom stereocenters. The molecule has 0 saturated heterocycles. The monoisotopic (exact) mass is 404 g/mol. The standard InChI is InChI=1S/C25H25ClN2O/c1-25(16-27,14-17-6-5-7-18(12-17)15-26)19-10-11-21-20-8-3-4-9-22(20)24(29-2)28-23(21)13-19/h5-7,10-13H,3-4,8-9,14-15H2,1-2H3. The summed E-state index contributed by atoms with van der Waals surface area (Å²) in [4.78, 5) is 4.80. The Labute approximate surface area is 177 Å². The van der Waals surface area contributed by atoms with Crippen molar-refractivity contribution in [3.63, 3.8) is 0 Å². The van der Waals surface area contributed by atoms with E-state index in [1.54, 1.807) is 7.11 Å². The SMILES string of the molecule is COc1nc2cc(C(C)(C#N)Cc3cccc(CCl)c3)ccc2c2c1CCCC2. The number of methoxy groups -OCH3 is 1. The summed E-state index contributed by atoms with van der Waals surface area (Å²) in [5.74, 6) is 1.21. The largest absolute Gasteiger partial charge is 0.481 e. The van der Waals surface area contributed by atoms with Crippen molar-refractivity contribution in [1.29, 1.82) is 5.26 Å². The van der Waals surface area contributed by atoms with Crippen LogP contribution in [0.1, 0.15) is 47.6 Å². The molecule has 4 heteroatoms. The van der Waals surface area contributed by atoms with Gasteiger partial charge in [-0.3, -0.25) is 0 Å². The minimum atomic E-state index is -0.649. The van der Waals surface area contributed by atoms with Gasteiger partial charge in [-0.25, -0.2) is 4.98 Å². The number of fused-ring (bicyclic) bond motifs is 3. The number of aromatic nitrogens is 1. The molecule has 0 amide bonds. The lowest BCUT2D eigenvalue weighted by Gasteiger charge is -2.24. The molecule has 3 nitrogen and oxygen atoms in total. The first-order valence-corrected chi connectivity index (χ1v) is 10.7. The van der Waals surface area contributed by atoms with E-state index in [-0.39, 0.29) is 0 Å². The molecule has 0 fully saturated rings. The molecular weight excluding hydrogens is 380 g/mol. The Kier molecular flexibility index (Phi) is 5.48. The van der Waals surface area contributed by atoms with Crippen molar-refractivity contribution >= 4 is 22.5 Å². The lowest BCUT2D eigenvalue weighted by molar-refractivity contribution is 0.391. The quantitative estimate of drug-likeness (QED) is 0.498. The number of hydrogen-bond donors (Lipinski definition) is 0. The second-order valence-electron chi connectivity index (χ2n) is 8.09. The smallest absolute Gasteiger partial charge is 0.217 e. The molecule has 0 radical (unpaired) electrons. The van der Waals surface area contributed by atoms with Gasteiger partial charge in [-0.05, 0) is 67.3 Å². The summed E-state index contributed by atoms with van der Waals surface area (Å²) < 4.78 is 5.61. The van der Waals surface area contributed by atoms with E-state index in [1.165, 1.54) is 29.4 Å². The van der Waals surface area contributed by atoms with Gasteiger partial charge in [0.25, 0.3) is 0 Å². The molecule has 1 heterocycles. The van der Waals surface area contributed by atoms with Gasteiger partial charge >= 0.3 is 0 Å². The van der Waals surface area contributed by atoms with Crippen LogP contribution in [0.25, 0.3) is 10.9 Å². The fourth-order valence-electron chi connectivity index (χ4n) is 4.44. The number of hydrogen-bond acceptors (Lipinski definition) is 3. The van der Waals surface area contributed by atoms with Gasteiger partial charge in [-0.2, -0.15) is 5.26 Å². The third-order valence-corrected chi connectivity index (χ3v) is 6.36. The summed E-state index contributed by atoms with van der Waals surface area (Å²) in [5, 5.41) is 11.3. The van der Waals surface area contributed by atoms with E-state index >= 15 is 0 Å². The summed E-state index contributed by atoms with van der Waals surface area (Å²) in [5.41, 5.74) is 6.04. The predicted molar refractivity (Wildman–Crippen MR) is 118 cm³/mol. The molecule has 3 aromatic rings. The maximum absolute atomic E-state index is 10.1. The third-order valence-electron chi connectivity index (χ3n) is 6.05. The first-order chi connectivity index (χ1) is 14.1. The topological polar surface area (TPSA) is 45.9 Å². The fraction of sp³-hybridized carbons (Fsp3) is 0.360. The summed E-state index contributed by atoms with van der Waals surface area (Å²) in [6.45, 7) is 2.00. The van der Waals surface area contributed by atoms with E-state index in [2.05, 4.69) is 36.4 Å². The van der Waals surface area contributed by atoms with Crippen molar-refractivity contribution in [2.75, 3.05) is 7.11 Å². The highest BCUT2D eigenvalue weighted by molar-refractivity contribution is 6.17. The molecule has 0 N–H and O–H groups in total. The van der Waals surface area contributed by atoms with Crippen LogP contribution in [-0.4, -0.2) is 12.1 Å². The van der Waals surface area contributed by atoms with Gasteiger partial charge in [0.2, 0.25) is 5.88 Å². The molecule has 2 aromatic carbocycles. The normalized spacial score (nSPS) is 15.4. The van der Waals surface area contributed by atoms with Gasteiger partial charge in [0.05, 0.1) is 24.1 Å². The van der Waals surface area contributed by atoms with Gasteiger partial charge in [0.1, 0.15) is 0 Å². The van der Waals surface area contributed by atoms with Crippen LogP contribution in [0, 0.1) is 11.3 Å². The maximum atomic E-state index is 10.1. The van der Waals surface area contributed by atoms with E-state index in [9.17, 15) is 5.26 Å². The molecule has 1 unspecified atom stereocenters. The van der Waals surface area contributed by atoms with Crippen molar-refractivity contribution in [1.82, 2.24) is 4.98 Å². The Hall–Kier alpha value is -2.57. The molecule has 0 aliphatic heterocycles. The van der Waals surface area contributed by atoms with Gasteiger partial charge in [-0.15, -0.1) is 11.6 Å². The second kappa shape index (κ2) is 8.05. The zero-order valence-corrected chi connectivity index (χ0v) is 17.7. The predicted octanol–water partition coefficient (Wildman–Crippen LogP) is 5.88. The Morgan fingerprint density at radius 1 is 1.10 bits per heavy atom. The van der Waals surface area contributed by atoms with Crippen molar-refractivity contribution in [3.8, 4) is 11.9 Å². The van der Waals surface area contributed by atoms with E-state index < -0.39 is 5.41 Å². The highest BCUT2D eigenvalue weighted by atomic mass is 35.5. The van der Waals surface area contributed by atoms with Crippen LogP contribution in [0.3, 0.4) is 0 Å². The Balaban J connectivity index is 1.78. The van der Waals surface area contributed by atoms with Crippen molar-refractivity contribution in [3.05, 3.63) is 70.3 Å².